The van der Waals surface area contributed by atoms with Crippen LogP contribution in [0, 0.1) is 5.82 Å². The molecule has 5 heteroatoms. The fraction of sp³-hybridized carbons (Fsp3) is 0.357. The van der Waals surface area contributed by atoms with Crippen molar-refractivity contribution < 1.29 is 9.13 Å². The van der Waals surface area contributed by atoms with Crippen molar-refractivity contribution in [2.24, 2.45) is 0 Å². The predicted molar refractivity (Wildman–Crippen MR) is 73.6 cm³/mol. The first kappa shape index (κ1) is 12.2. The van der Waals surface area contributed by atoms with E-state index in [0.29, 0.717) is 16.9 Å². The number of nitrogens with one attached hydrogen (secondary N) is 1. The maximum Gasteiger partial charge on any atom is 0.150 e. The highest BCUT2D eigenvalue weighted by Gasteiger charge is 2.30. The maximum absolute atomic E-state index is 14.1. The number of nitrogens with two attached hydrogens (primary N) is 1. The molecule has 0 aliphatic heterocycles. The van der Waals surface area contributed by atoms with E-state index in [1.165, 1.54) is 6.07 Å². The summed E-state index contributed by atoms with van der Waals surface area (Å²) >= 11 is 0. The summed E-state index contributed by atoms with van der Waals surface area (Å²) in [7, 11) is 1.70. The summed E-state index contributed by atoms with van der Waals surface area (Å²) in [5.41, 5.74) is 7.25. The molecule has 3 rings (SSSR count). The number of ether oxygens (including phenoxy) is 1. The van der Waals surface area contributed by atoms with Crippen LogP contribution in [0.15, 0.2) is 24.4 Å². The lowest BCUT2D eigenvalue weighted by Crippen LogP contribution is -2.40. The van der Waals surface area contributed by atoms with Crippen LogP contribution in [-0.2, 0) is 4.74 Å². The number of fused-ring (bicyclic) bond motifs is 1. The average molecular weight is 261 g/mol. The quantitative estimate of drug-likeness (QED) is 0.834. The SMILES string of the molecule is COC1CC(Nc2c(F)cc(N)c3cccnc23)C1. The van der Waals surface area contributed by atoms with Gasteiger partial charge in [0.25, 0.3) is 0 Å². The maximum atomic E-state index is 14.1. The van der Waals surface area contributed by atoms with Gasteiger partial charge in [0.05, 0.1) is 17.3 Å². The van der Waals surface area contributed by atoms with Crippen LogP contribution in [0.4, 0.5) is 15.8 Å². The summed E-state index contributed by atoms with van der Waals surface area (Å²) < 4.78 is 19.3. The Kier molecular flexibility index (Phi) is 2.98. The van der Waals surface area contributed by atoms with Gasteiger partial charge in [-0.1, -0.05) is 0 Å². The van der Waals surface area contributed by atoms with E-state index < -0.39 is 0 Å². The highest BCUT2D eigenvalue weighted by molar-refractivity contribution is 5.98. The lowest BCUT2D eigenvalue weighted by molar-refractivity contribution is 0.0328. The second-order valence-electron chi connectivity index (χ2n) is 4.89. The predicted octanol–water partition coefficient (Wildman–Crippen LogP) is 2.55. The van der Waals surface area contributed by atoms with Crippen LogP contribution in [0.25, 0.3) is 10.9 Å². The van der Waals surface area contributed by atoms with E-state index in [-0.39, 0.29) is 18.0 Å². The summed E-state index contributed by atoms with van der Waals surface area (Å²) in [5.74, 6) is -0.357. The number of benzene rings is 1. The third-order valence-electron chi connectivity index (χ3n) is 3.65. The van der Waals surface area contributed by atoms with E-state index >= 15 is 0 Å². The minimum atomic E-state index is -0.357. The van der Waals surface area contributed by atoms with Crippen molar-refractivity contribution in [2.75, 3.05) is 18.2 Å². The zero-order valence-electron chi connectivity index (χ0n) is 10.7. The zero-order valence-corrected chi connectivity index (χ0v) is 10.7. The third-order valence-corrected chi connectivity index (χ3v) is 3.65. The first-order valence-corrected chi connectivity index (χ1v) is 6.31. The fourth-order valence-corrected chi connectivity index (χ4v) is 2.45. The van der Waals surface area contributed by atoms with Crippen molar-refractivity contribution in [1.82, 2.24) is 4.98 Å². The number of hydrogen-bond acceptors (Lipinski definition) is 4. The van der Waals surface area contributed by atoms with Crippen molar-refractivity contribution in [3.63, 3.8) is 0 Å². The molecule has 3 N–H and O–H groups in total. The number of aromatic nitrogens is 1. The van der Waals surface area contributed by atoms with E-state index in [0.717, 1.165) is 18.2 Å². The number of methoxy groups -OCH3 is 1. The van der Waals surface area contributed by atoms with E-state index in [9.17, 15) is 4.39 Å². The molecule has 1 aliphatic rings. The topological polar surface area (TPSA) is 60.2 Å². The van der Waals surface area contributed by atoms with Gasteiger partial charge in [0.15, 0.2) is 5.82 Å². The minimum absolute atomic E-state index is 0.230. The Morgan fingerprint density at radius 3 is 3.00 bits per heavy atom. The number of nitrogen functional groups attached to an aromatic ring is 1. The first-order valence-electron chi connectivity index (χ1n) is 6.31. The van der Waals surface area contributed by atoms with Crippen molar-refractivity contribution in [3.05, 3.63) is 30.2 Å². The Labute approximate surface area is 110 Å². The van der Waals surface area contributed by atoms with Crippen LogP contribution < -0.4 is 11.1 Å². The second kappa shape index (κ2) is 4.66. The highest BCUT2D eigenvalue weighted by atomic mass is 19.1. The Morgan fingerprint density at radius 2 is 2.26 bits per heavy atom. The summed E-state index contributed by atoms with van der Waals surface area (Å²) in [5, 5.41) is 3.98. The molecule has 0 bridgehead atoms. The molecule has 0 unspecified atom stereocenters. The molecule has 1 fully saturated rings. The molecule has 1 aliphatic carbocycles. The van der Waals surface area contributed by atoms with Crippen LogP contribution in [0.2, 0.25) is 0 Å². The van der Waals surface area contributed by atoms with Gasteiger partial charge in [-0.15, -0.1) is 0 Å². The Balaban J connectivity index is 1.94. The van der Waals surface area contributed by atoms with Crippen molar-refractivity contribution in [1.29, 1.82) is 0 Å². The number of hydrogen-bond donors (Lipinski definition) is 2. The standard InChI is InChI=1S/C14H16FN3O/c1-19-9-5-8(6-9)18-14-11(15)7-12(16)10-3-2-4-17-13(10)14/h2-4,7-9,18H,5-6,16H2,1H3. The van der Waals surface area contributed by atoms with Gasteiger partial charge in [-0.2, -0.15) is 0 Å². The number of halogens is 1. The molecule has 100 valence electrons. The second-order valence-corrected chi connectivity index (χ2v) is 4.89. The van der Waals surface area contributed by atoms with E-state index in [1.54, 1.807) is 19.4 Å². The lowest BCUT2D eigenvalue weighted by Gasteiger charge is -2.35. The van der Waals surface area contributed by atoms with Gasteiger partial charge >= 0.3 is 0 Å². The molecular formula is C14H16FN3O. The van der Waals surface area contributed by atoms with Gasteiger partial charge in [0.2, 0.25) is 0 Å². The van der Waals surface area contributed by atoms with Gasteiger partial charge in [-0.3, -0.25) is 4.98 Å². The number of pyridine rings is 1. The summed E-state index contributed by atoms with van der Waals surface area (Å²) in [4.78, 5) is 4.24. The number of nitrogens with zero attached hydrogens (tertiary/aromatic N) is 1. The van der Waals surface area contributed by atoms with Crippen LogP contribution >= 0.6 is 0 Å². The van der Waals surface area contributed by atoms with Crippen LogP contribution in [-0.4, -0.2) is 24.2 Å². The van der Waals surface area contributed by atoms with Gasteiger partial charge in [-0.25, -0.2) is 4.39 Å². The molecule has 1 aromatic heterocycles. The molecule has 0 amide bonds. The molecule has 19 heavy (non-hydrogen) atoms. The van der Waals surface area contributed by atoms with Crippen LogP contribution in [0.5, 0.6) is 0 Å². The third kappa shape index (κ3) is 2.10. The largest absolute Gasteiger partial charge is 0.398 e. The fourth-order valence-electron chi connectivity index (χ4n) is 2.45. The van der Waals surface area contributed by atoms with E-state index in [1.807, 2.05) is 6.07 Å². The van der Waals surface area contributed by atoms with Gasteiger partial charge in [0.1, 0.15) is 0 Å². The molecule has 1 saturated carbocycles. The van der Waals surface area contributed by atoms with Gasteiger partial charge in [-0.05, 0) is 31.0 Å². The van der Waals surface area contributed by atoms with Gasteiger partial charge < -0.3 is 15.8 Å². The zero-order chi connectivity index (χ0) is 13.4. The molecular weight excluding hydrogens is 245 g/mol. The minimum Gasteiger partial charge on any atom is -0.398 e. The van der Waals surface area contributed by atoms with E-state index in [2.05, 4.69) is 10.3 Å². The number of rotatable bonds is 3. The Morgan fingerprint density at radius 1 is 1.47 bits per heavy atom. The molecule has 0 spiro atoms. The smallest absolute Gasteiger partial charge is 0.150 e. The molecule has 0 radical (unpaired) electrons. The Bertz CT molecular complexity index is 611. The van der Waals surface area contributed by atoms with E-state index in [4.69, 9.17) is 10.5 Å². The highest BCUT2D eigenvalue weighted by Crippen LogP contribution is 2.33. The van der Waals surface area contributed by atoms with Crippen molar-refractivity contribution in [2.45, 2.75) is 25.0 Å². The average Bonchev–Trinajstić information content (AvgIpc) is 2.36. The molecule has 4 nitrogen and oxygen atoms in total. The molecule has 1 aromatic carbocycles. The van der Waals surface area contributed by atoms with Crippen molar-refractivity contribution >= 4 is 22.3 Å². The van der Waals surface area contributed by atoms with Crippen LogP contribution in [0.3, 0.4) is 0 Å². The van der Waals surface area contributed by atoms with Crippen LogP contribution in [0.1, 0.15) is 12.8 Å². The Hall–Kier alpha value is -1.88. The molecule has 1 heterocycles. The van der Waals surface area contributed by atoms with Gasteiger partial charge in [0, 0.05) is 30.4 Å². The molecule has 0 saturated heterocycles. The first-order chi connectivity index (χ1) is 9.19. The molecule has 2 aromatic rings. The molecule has 0 atom stereocenters. The van der Waals surface area contributed by atoms with Crippen molar-refractivity contribution in [3.8, 4) is 0 Å². The monoisotopic (exact) mass is 261 g/mol. The normalized spacial score (nSPS) is 22.2. The summed E-state index contributed by atoms with van der Waals surface area (Å²) in [6.45, 7) is 0. The number of anilines is 2. The lowest BCUT2D eigenvalue weighted by atomic mass is 9.89. The summed E-state index contributed by atoms with van der Waals surface area (Å²) in [6, 6.07) is 5.22. The summed E-state index contributed by atoms with van der Waals surface area (Å²) in [6.07, 6.45) is 3.68.